The molecule has 0 bridgehead atoms. The predicted octanol–water partition coefficient (Wildman–Crippen LogP) is -0.861. The van der Waals surface area contributed by atoms with Gasteiger partial charge in [-0.05, 0) is 36.5 Å². The molecule has 0 saturated heterocycles. The predicted molar refractivity (Wildman–Crippen MR) is 172 cm³/mol. The summed E-state index contributed by atoms with van der Waals surface area (Å²) < 4.78 is 0. The number of fused-ring (bicyclic) bond motifs is 1. The van der Waals surface area contributed by atoms with Crippen LogP contribution in [0.25, 0.3) is 10.9 Å². The second-order valence-corrected chi connectivity index (χ2v) is 10.8. The summed E-state index contributed by atoms with van der Waals surface area (Å²) in [6, 6.07) is 11.4. The van der Waals surface area contributed by atoms with E-state index < -0.39 is 53.8 Å². The lowest BCUT2D eigenvalue weighted by Gasteiger charge is -2.25. The van der Waals surface area contributed by atoms with Crippen molar-refractivity contribution in [2.75, 3.05) is 6.54 Å². The fourth-order valence-corrected chi connectivity index (χ4v) is 4.80. The van der Waals surface area contributed by atoms with E-state index in [9.17, 15) is 29.1 Å². The van der Waals surface area contributed by atoms with Crippen LogP contribution in [0.4, 0.5) is 0 Å². The molecule has 3 rings (SSSR count). The summed E-state index contributed by atoms with van der Waals surface area (Å²) in [4.78, 5) is 70.5. The lowest BCUT2D eigenvalue weighted by molar-refractivity contribution is -0.142. The molecule has 46 heavy (non-hydrogen) atoms. The maximum absolute atomic E-state index is 13.7. The van der Waals surface area contributed by atoms with Gasteiger partial charge in [0.25, 0.3) is 0 Å². The molecule has 1 aromatic heterocycles. The zero-order valence-electron chi connectivity index (χ0n) is 25.3. The molecule has 0 fully saturated rings. The average molecular weight is 636 g/mol. The SMILES string of the molecule is NC(=O)CCC(N)C(=O)NC(CCCN=C(N)N)C(=O)NC(Cc1c[nH]c2ccccc12)C(=O)NC(Cc1ccccc1)C(=O)O. The summed E-state index contributed by atoms with van der Waals surface area (Å²) in [5.74, 6) is -4.16. The number of guanidine groups is 1. The van der Waals surface area contributed by atoms with Crippen molar-refractivity contribution in [2.45, 2.75) is 62.7 Å². The van der Waals surface area contributed by atoms with E-state index >= 15 is 0 Å². The summed E-state index contributed by atoms with van der Waals surface area (Å²) in [7, 11) is 0. The van der Waals surface area contributed by atoms with E-state index in [4.69, 9.17) is 22.9 Å². The minimum atomic E-state index is -1.28. The van der Waals surface area contributed by atoms with Gasteiger partial charge in [-0.2, -0.15) is 0 Å². The number of carbonyl (C=O) groups is 5. The lowest BCUT2D eigenvalue weighted by atomic mass is 10.0. The number of rotatable bonds is 18. The van der Waals surface area contributed by atoms with Crippen molar-refractivity contribution in [2.24, 2.45) is 27.9 Å². The topological polar surface area (TPSA) is 274 Å². The van der Waals surface area contributed by atoms with Gasteiger partial charge >= 0.3 is 5.97 Å². The van der Waals surface area contributed by atoms with Gasteiger partial charge in [0, 0.05) is 42.9 Å². The third-order valence-corrected chi connectivity index (χ3v) is 7.25. The Morgan fingerprint density at radius 1 is 0.783 bits per heavy atom. The van der Waals surface area contributed by atoms with Gasteiger partial charge in [-0.1, -0.05) is 48.5 Å². The summed E-state index contributed by atoms with van der Waals surface area (Å²) in [6.45, 7) is 0.161. The van der Waals surface area contributed by atoms with Crippen molar-refractivity contribution in [3.05, 3.63) is 71.9 Å². The van der Waals surface area contributed by atoms with Crippen molar-refractivity contribution in [3.63, 3.8) is 0 Å². The largest absolute Gasteiger partial charge is 0.480 e. The first kappa shape index (κ1) is 35.0. The van der Waals surface area contributed by atoms with Gasteiger partial charge in [0.15, 0.2) is 5.96 Å². The highest BCUT2D eigenvalue weighted by molar-refractivity contribution is 5.95. The average Bonchev–Trinajstić information content (AvgIpc) is 3.43. The van der Waals surface area contributed by atoms with E-state index in [0.29, 0.717) is 11.1 Å². The normalized spacial score (nSPS) is 13.5. The van der Waals surface area contributed by atoms with E-state index in [2.05, 4.69) is 25.9 Å². The minimum absolute atomic E-state index is 0.00601. The van der Waals surface area contributed by atoms with Crippen LogP contribution in [-0.2, 0) is 36.8 Å². The summed E-state index contributed by atoms with van der Waals surface area (Å²) in [6.07, 6.45) is 1.92. The standard InChI is InChI=1S/C31H41N9O6/c32-21(12-13-26(33)41)27(42)38-23(11-6-14-36-31(34)35)28(43)39-24(16-19-17-37-22-10-5-4-9-20(19)22)29(44)40-25(30(45)46)15-18-7-2-1-3-8-18/h1-5,7-10,17,21,23-25,37H,6,11-16,32H2,(H2,33,41)(H,38,42)(H,39,43)(H,40,44)(H,45,46)(H4,34,35,36). The number of nitrogens with two attached hydrogens (primary N) is 4. The molecule has 0 radical (unpaired) electrons. The Morgan fingerprint density at radius 3 is 2.09 bits per heavy atom. The van der Waals surface area contributed by atoms with Gasteiger partial charge < -0.3 is 49.0 Å². The Morgan fingerprint density at radius 2 is 1.41 bits per heavy atom. The van der Waals surface area contributed by atoms with Crippen molar-refractivity contribution in [3.8, 4) is 0 Å². The van der Waals surface area contributed by atoms with Gasteiger partial charge in [0.05, 0.1) is 6.04 Å². The lowest BCUT2D eigenvalue weighted by Crippen LogP contribution is -2.57. The zero-order chi connectivity index (χ0) is 33.6. The maximum atomic E-state index is 13.7. The van der Waals surface area contributed by atoms with Crippen molar-refractivity contribution >= 4 is 46.5 Å². The number of carboxylic acid groups (broad SMARTS) is 1. The van der Waals surface area contributed by atoms with Crippen LogP contribution >= 0.6 is 0 Å². The van der Waals surface area contributed by atoms with E-state index in [1.54, 1.807) is 36.5 Å². The van der Waals surface area contributed by atoms with Crippen molar-refractivity contribution < 1.29 is 29.1 Å². The number of aliphatic imine (C=N–C) groups is 1. The number of aromatic nitrogens is 1. The monoisotopic (exact) mass is 635 g/mol. The highest BCUT2D eigenvalue weighted by atomic mass is 16.4. The van der Waals surface area contributed by atoms with Crippen LogP contribution in [0.3, 0.4) is 0 Å². The number of hydrogen-bond donors (Lipinski definition) is 9. The number of nitrogens with zero attached hydrogens (tertiary/aromatic N) is 1. The van der Waals surface area contributed by atoms with Gasteiger partial charge in [0.2, 0.25) is 23.6 Å². The Labute approximate surface area is 265 Å². The first-order valence-corrected chi connectivity index (χ1v) is 14.8. The smallest absolute Gasteiger partial charge is 0.326 e. The second kappa shape index (κ2) is 17.2. The third kappa shape index (κ3) is 10.9. The Hall–Kier alpha value is -5.44. The van der Waals surface area contributed by atoms with Crippen LogP contribution in [0.1, 0.15) is 36.8 Å². The summed E-state index contributed by atoms with van der Waals surface area (Å²) in [5, 5.41) is 18.6. The second-order valence-electron chi connectivity index (χ2n) is 10.8. The molecule has 3 aromatic rings. The number of para-hydroxylation sites is 1. The number of aliphatic carboxylic acids is 1. The van der Waals surface area contributed by atoms with E-state index in [1.807, 2.05) is 24.3 Å². The van der Waals surface area contributed by atoms with E-state index in [0.717, 1.165) is 10.9 Å². The number of benzene rings is 2. The number of carboxylic acids is 1. The number of carbonyl (C=O) groups excluding carboxylic acids is 4. The molecule has 0 aliphatic heterocycles. The van der Waals surface area contributed by atoms with Crippen molar-refractivity contribution in [1.82, 2.24) is 20.9 Å². The number of H-pyrrole nitrogens is 1. The van der Waals surface area contributed by atoms with Crippen LogP contribution < -0.4 is 38.9 Å². The fraction of sp³-hybridized carbons (Fsp3) is 0.355. The molecule has 4 unspecified atom stereocenters. The molecule has 0 saturated carbocycles. The van der Waals surface area contributed by atoms with Crippen molar-refractivity contribution in [1.29, 1.82) is 0 Å². The van der Waals surface area contributed by atoms with Gasteiger partial charge in [-0.25, -0.2) is 4.79 Å². The molecular formula is C31H41N9O6. The van der Waals surface area contributed by atoms with Crippen LogP contribution in [0.2, 0.25) is 0 Å². The first-order chi connectivity index (χ1) is 21.9. The fourth-order valence-electron chi connectivity index (χ4n) is 4.80. The molecule has 0 aliphatic rings. The number of aromatic amines is 1. The van der Waals surface area contributed by atoms with E-state index in [-0.39, 0.29) is 51.0 Å². The third-order valence-electron chi connectivity index (χ3n) is 7.25. The molecule has 15 nitrogen and oxygen atoms in total. The van der Waals surface area contributed by atoms with Crippen LogP contribution in [0.5, 0.6) is 0 Å². The quantitative estimate of drug-likeness (QED) is 0.0477. The van der Waals surface area contributed by atoms with Crippen LogP contribution in [-0.4, -0.2) is 76.4 Å². The zero-order valence-corrected chi connectivity index (χ0v) is 25.3. The van der Waals surface area contributed by atoms with Gasteiger partial charge in [-0.3, -0.25) is 24.2 Å². The Balaban J connectivity index is 1.86. The molecule has 4 amide bonds. The van der Waals surface area contributed by atoms with Crippen LogP contribution in [0.15, 0.2) is 65.8 Å². The maximum Gasteiger partial charge on any atom is 0.326 e. The molecule has 0 aliphatic carbocycles. The molecule has 13 N–H and O–H groups in total. The molecular weight excluding hydrogens is 594 g/mol. The molecule has 4 atom stereocenters. The van der Waals surface area contributed by atoms with E-state index in [1.165, 1.54) is 0 Å². The molecule has 15 heteroatoms. The molecule has 1 heterocycles. The first-order valence-electron chi connectivity index (χ1n) is 14.8. The minimum Gasteiger partial charge on any atom is -0.480 e. The van der Waals surface area contributed by atoms with Gasteiger partial charge in [0.1, 0.15) is 18.1 Å². The van der Waals surface area contributed by atoms with Gasteiger partial charge in [-0.15, -0.1) is 0 Å². The Bertz CT molecular complexity index is 1540. The highest BCUT2D eigenvalue weighted by Gasteiger charge is 2.31. The number of hydrogen-bond acceptors (Lipinski definition) is 7. The molecule has 0 spiro atoms. The number of amides is 4. The van der Waals surface area contributed by atoms with Crippen LogP contribution in [0, 0.1) is 0 Å². The summed E-state index contributed by atoms with van der Waals surface area (Å²) in [5.41, 5.74) is 24.1. The summed E-state index contributed by atoms with van der Waals surface area (Å²) >= 11 is 0. The highest BCUT2D eigenvalue weighted by Crippen LogP contribution is 2.19. The Kier molecular flexibility index (Phi) is 13.1. The molecule has 2 aromatic carbocycles. The number of primary amides is 1. The number of nitrogens with one attached hydrogen (secondary N) is 4. The molecule has 246 valence electrons.